The summed E-state index contributed by atoms with van der Waals surface area (Å²) in [5.74, 6) is 0. The molecule has 0 bridgehead atoms. The summed E-state index contributed by atoms with van der Waals surface area (Å²) >= 11 is 0. The summed E-state index contributed by atoms with van der Waals surface area (Å²) in [5.41, 5.74) is 28.4. The Bertz CT molecular complexity index is 3170. The Morgan fingerprint density at radius 2 is 1.06 bits per heavy atom. The smallest absolute Gasteiger partial charge is 0.0715 e. The van der Waals surface area contributed by atoms with Crippen LogP contribution in [0.15, 0.2) is 262 Å². The Kier molecular flexibility index (Phi) is 10.3. The summed E-state index contributed by atoms with van der Waals surface area (Å²) in [6, 6.07) is 49.8. The molecule has 5 aromatic rings. The molecule has 0 fully saturated rings. The van der Waals surface area contributed by atoms with Crippen LogP contribution in [0.2, 0.25) is 0 Å². The molecule has 0 heterocycles. The maximum Gasteiger partial charge on any atom is 0.0715 e. The second kappa shape index (κ2) is 17.1. The lowest BCUT2D eigenvalue weighted by Crippen LogP contribution is -2.36. The number of anilines is 1. The van der Waals surface area contributed by atoms with Gasteiger partial charge in [-0.05, 0) is 195 Å². The normalized spacial score (nSPS) is 21.0. The van der Waals surface area contributed by atoms with Crippen molar-refractivity contribution in [3.05, 3.63) is 279 Å². The van der Waals surface area contributed by atoms with E-state index < -0.39 is 0 Å². The first-order valence-corrected chi connectivity index (χ1v) is 25.3. The minimum Gasteiger partial charge on any atom is -0.338 e. The lowest BCUT2D eigenvalue weighted by Gasteiger charge is -2.39. The van der Waals surface area contributed by atoms with Crippen LogP contribution in [0.3, 0.4) is 0 Å². The van der Waals surface area contributed by atoms with Crippen molar-refractivity contribution in [3.63, 3.8) is 0 Å². The number of allylic oxidation sites excluding steroid dienone is 22. The third-order valence-electron chi connectivity index (χ3n) is 16.1. The molecular weight excluding hydrogens is 819 g/mol. The Hall–Kier alpha value is -7.22. The molecule has 8 aliphatic rings. The van der Waals surface area contributed by atoms with Crippen LogP contribution in [0, 0.1) is 0 Å². The van der Waals surface area contributed by atoms with Crippen molar-refractivity contribution in [3.8, 4) is 22.3 Å². The van der Waals surface area contributed by atoms with Crippen molar-refractivity contribution >= 4 is 16.8 Å². The van der Waals surface area contributed by atoms with Gasteiger partial charge in [0.25, 0.3) is 0 Å². The second-order valence-electron chi connectivity index (χ2n) is 19.8. The van der Waals surface area contributed by atoms with Crippen LogP contribution >= 0.6 is 0 Å². The van der Waals surface area contributed by atoms with Crippen LogP contribution < -0.4 is 4.90 Å². The Morgan fingerprint density at radius 3 is 1.71 bits per heavy atom. The summed E-state index contributed by atoms with van der Waals surface area (Å²) in [6.45, 7) is 0. The third kappa shape index (κ3) is 6.89. The van der Waals surface area contributed by atoms with Gasteiger partial charge < -0.3 is 4.90 Å². The largest absolute Gasteiger partial charge is 0.338 e. The number of hydrogen-bond acceptors (Lipinski definition) is 1. The second-order valence-corrected chi connectivity index (χ2v) is 19.8. The fourth-order valence-corrected chi connectivity index (χ4v) is 13.1. The third-order valence-corrected chi connectivity index (χ3v) is 16.1. The molecule has 1 heteroatoms. The highest BCUT2D eigenvalue weighted by molar-refractivity contribution is 5.92. The average molecular weight is 876 g/mol. The van der Waals surface area contributed by atoms with E-state index in [1.54, 1.807) is 33.4 Å². The lowest BCUT2D eigenvalue weighted by atomic mass is 9.65. The Balaban J connectivity index is 0.953. The molecule has 1 unspecified atom stereocenters. The molecule has 8 aliphatic carbocycles. The topological polar surface area (TPSA) is 3.24 Å². The van der Waals surface area contributed by atoms with Crippen LogP contribution in [0.5, 0.6) is 0 Å². The summed E-state index contributed by atoms with van der Waals surface area (Å²) < 4.78 is 0. The molecule has 5 aromatic carbocycles. The van der Waals surface area contributed by atoms with Crippen molar-refractivity contribution in [2.24, 2.45) is 0 Å². The molecule has 13 rings (SSSR count). The van der Waals surface area contributed by atoms with Gasteiger partial charge in [-0.1, -0.05) is 182 Å². The summed E-state index contributed by atoms with van der Waals surface area (Å²) in [4.78, 5) is 2.73. The van der Waals surface area contributed by atoms with Crippen molar-refractivity contribution in [1.29, 1.82) is 0 Å². The molecule has 1 spiro atoms. The minimum absolute atomic E-state index is 0.116. The van der Waals surface area contributed by atoms with E-state index in [1.807, 2.05) is 0 Å². The highest BCUT2D eigenvalue weighted by atomic mass is 15.2. The highest BCUT2D eigenvalue weighted by Crippen LogP contribution is 2.65. The summed E-state index contributed by atoms with van der Waals surface area (Å²) in [5, 5.41) is 0. The van der Waals surface area contributed by atoms with Gasteiger partial charge in [0, 0.05) is 11.4 Å². The molecule has 0 aliphatic heterocycles. The van der Waals surface area contributed by atoms with E-state index in [0.717, 1.165) is 70.6 Å². The van der Waals surface area contributed by atoms with Crippen LogP contribution in [-0.4, -0.2) is 6.04 Å². The van der Waals surface area contributed by atoms with Crippen LogP contribution in [0.25, 0.3) is 33.4 Å². The monoisotopic (exact) mass is 875 g/mol. The summed E-state index contributed by atoms with van der Waals surface area (Å²) in [6.07, 6.45) is 41.5. The van der Waals surface area contributed by atoms with Crippen LogP contribution in [-0.2, 0) is 5.41 Å². The molecule has 1 atom stereocenters. The zero-order valence-electron chi connectivity index (χ0n) is 38.9. The molecule has 0 aromatic heterocycles. The maximum absolute atomic E-state index is 2.73. The van der Waals surface area contributed by atoms with Gasteiger partial charge >= 0.3 is 0 Å². The SMILES string of the molecule is C1=CCCC(C2=CC(c3ccccc3)=CC(N(C3=CC=C(C4=CC5=C(CC4)c4ccccc4C54C5=C(CCC=C5)C5=C4C=CCC5)CC3)c3cc(-c4ccccc4)cc(-c4ccccc4)c3)C2)=C1. The van der Waals surface area contributed by atoms with E-state index in [9.17, 15) is 0 Å². The van der Waals surface area contributed by atoms with Gasteiger partial charge in [-0.2, -0.15) is 0 Å². The molecular formula is C67H57N. The van der Waals surface area contributed by atoms with Gasteiger partial charge in [0.05, 0.1) is 11.5 Å². The molecule has 0 amide bonds. The fraction of sp³-hybridized carbons (Fsp3) is 0.194. The number of nitrogens with zero attached hydrogens (tertiary/aromatic N) is 1. The molecule has 0 saturated carbocycles. The van der Waals surface area contributed by atoms with Crippen molar-refractivity contribution in [1.82, 2.24) is 0 Å². The van der Waals surface area contributed by atoms with E-state index in [4.69, 9.17) is 0 Å². The minimum atomic E-state index is -0.206. The van der Waals surface area contributed by atoms with Crippen LogP contribution in [0.4, 0.5) is 5.69 Å². The van der Waals surface area contributed by atoms with Crippen LogP contribution in [0.1, 0.15) is 87.3 Å². The van der Waals surface area contributed by atoms with Gasteiger partial charge in [-0.3, -0.25) is 0 Å². The first kappa shape index (κ1) is 41.0. The zero-order chi connectivity index (χ0) is 45.0. The highest BCUT2D eigenvalue weighted by Gasteiger charge is 2.54. The van der Waals surface area contributed by atoms with Gasteiger partial charge in [0.2, 0.25) is 0 Å². The maximum atomic E-state index is 2.73. The molecule has 330 valence electrons. The van der Waals surface area contributed by atoms with Gasteiger partial charge in [-0.25, -0.2) is 0 Å². The zero-order valence-corrected chi connectivity index (χ0v) is 38.9. The number of fused-ring (bicyclic) bond motifs is 7. The predicted octanol–water partition coefficient (Wildman–Crippen LogP) is 17.2. The van der Waals surface area contributed by atoms with E-state index in [2.05, 4.69) is 211 Å². The van der Waals surface area contributed by atoms with Crippen molar-refractivity contribution in [2.45, 2.75) is 82.1 Å². The lowest BCUT2D eigenvalue weighted by molar-refractivity contribution is 0.696. The first-order chi connectivity index (χ1) is 33.7. The Morgan fingerprint density at radius 1 is 0.441 bits per heavy atom. The summed E-state index contributed by atoms with van der Waals surface area (Å²) in [7, 11) is 0. The number of hydrogen-bond donors (Lipinski definition) is 0. The molecule has 1 nitrogen and oxygen atoms in total. The predicted molar refractivity (Wildman–Crippen MR) is 286 cm³/mol. The molecule has 68 heavy (non-hydrogen) atoms. The molecule has 0 radical (unpaired) electrons. The van der Waals surface area contributed by atoms with Gasteiger partial charge in [0.15, 0.2) is 0 Å². The molecule has 0 N–H and O–H groups in total. The fourth-order valence-electron chi connectivity index (χ4n) is 13.1. The van der Waals surface area contributed by atoms with Gasteiger partial charge in [-0.15, -0.1) is 0 Å². The number of benzene rings is 5. The number of rotatable bonds is 8. The molecule has 0 saturated heterocycles. The van der Waals surface area contributed by atoms with Crippen molar-refractivity contribution in [2.75, 3.05) is 4.90 Å². The van der Waals surface area contributed by atoms with E-state index in [0.29, 0.717) is 0 Å². The Labute approximate surface area is 403 Å². The van der Waals surface area contributed by atoms with E-state index >= 15 is 0 Å². The van der Waals surface area contributed by atoms with E-state index in [1.165, 1.54) is 78.2 Å². The average Bonchev–Trinajstić information content (AvgIpc) is 3.89. The van der Waals surface area contributed by atoms with Gasteiger partial charge in [0.1, 0.15) is 0 Å². The van der Waals surface area contributed by atoms with Crippen molar-refractivity contribution < 1.29 is 0 Å². The van der Waals surface area contributed by atoms with E-state index in [-0.39, 0.29) is 11.5 Å². The first-order valence-electron chi connectivity index (χ1n) is 25.3. The standard InChI is InChI=1S/C67H57N/c1-5-19-46(20-6-1)52-39-53(47-21-7-2-8-22-47)42-57(41-52)68(58-43-54(48-23-9-3-10-24-48)40-55(44-58)49-25-11-4-12-26-49)56-36-33-50(34-37-56)51-35-38-62-61-29-15-18-32-65(61)67(66(62)45-51)63-30-16-13-27-59(63)60-28-14-17-31-64(60)67/h1-11,15-25,29-33,36,39-43,45,58H,12-14,26-28,34-35,37-38,44H2. The quantitative estimate of drug-likeness (QED) is 0.150.